The van der Waals surface area contributed by atoms with Gasteiger partial charge in [-0.25, -0.2) is 13.2 Å². The molecule has 1 aromatic heterocycles. The monoisotopic (exact) mass is 532 g/mol. The smallest absolute Gasteiger partial charge is 0.323 e. The van der Waals surface area contributed by atoms with Gasteiger partial charge in [-0.1, -0.05) is 19.4 Å². The van der Waals surface area contributed by atoms with Gasteiger partial charge in [0.25, 0.3) is 0 Å². The number of rotatable bonds is 13. The third-order valence-corrected chi connectivity index (χ3v) is 8.47. The first-order valence-electron chi connectivity index (χ1n) is 12.8. The molecular weight excluding hydrogens is 496 g/mol. The van der Waals surface area contributed by atoms with Gasteiger partial charge < -0.3 is 29.9 Å². The van der Waals surface area contributed by atoms with E-state index in [4.69, 9.17) is 9.47 Å². The summed E-state index contributed by atoms with van der Waals surface area (Å²) in [6, 6.07) is 11.9. The number of piperidine rings is 1. The van der Waals surface area contributed by atoms with Crippen LogP contribution in [0.25, 0.3) is 11.0 Å². The van der Waals surface area contributed by atoms with Gasteiger partial charge in [0.2, 0.25) is 10.0 Å². The van der Waals surface area contributed by atoms with Crippen molar-refractivity contribution in [2.75, 3.05) is 39.4 Å². The van der Waals surface area contributed by atoms with E-state index in [0.717, 1.165) is 25.7 Å². The molecule has 11 heteroatoms. The number of aliphatic hydroxyl groups is 1. The van der Waals surface area contributed by atoms with Gasteiger partial charge in [-0.2, -0.15) is 4.31 Å². The van der Waals surface area contributed by atoms with Gasteiger partial charge in [-0.15, -0.1) is 0 Å². The summed E-state index contributed by atoms with van der Waals surface area (Å²) in [5, 5.41) is 13.6. The second-order valence-corrected chi connectivity index (χ2v) is 11.3. The summed E-state index contributed by atoms with van der Waals surface area (Å²) in [4.78, 5) is 17.2. The highest BCUT2D eigenvalue weighted by Crippen LogP contribution is 2.25. The predicted octanol–water partition coefficient (Wildman–Crippen LogP) is 2.47. The molecule has 37 heavy (non-hydrogen) atoms. The highest BCUT2D eigenvalue weighted by Gasteiger charge is 2.29. The molecule has 2 aromatic carbocycles. The SMILES string of the molecule is CCCCOc1ccc(S(=O)(=O)N2CCC(CNC[C@H](O)COc3cccc4[nH]c(=O)[nH]c34)CC2)cc1. The van der Waals surface area contributed by atoms with Crippen molar-refractivity contribution in [3.63, 3.8) is 0 Å². The predicted molar refractivity (Wildman–Crippen MR) is 142 cm³/mol. The quantitative estimate of drug-likeness (QED) is 0.248. The first-order valence-corrected chi connectivity index (χ1v) is 14.3. The van der Waals surface area contributed by atoms with Gasteiger partial charge in [0, 0.05) is 19.6 Å². The summed E-state index contributed by atoms with van der Waals surface area (Å²) in [6.45, 7) is 4.77. The standard InChI is InChI=1S/C26H36N4O6S/c1-2-3-15-35-21-7-9-22(10-8-21)37(33,34)30-13-11-19(12-14-30)16-27-17-20(31)18-36-24-6-4-5-23-25(24)29-26(32)28-23/h4-10,19-20,27,31H,2-3,11-18H2,1H3,(H2,28,29,32)/t20-/m0/s1. The Kier molecular flexibility index (Phi) is 9.25. The largest absolute Gasteiger partial charge is 0.494 e. The van der Waals surface area contributed by atoms with Crippen LogP contribution in [0.4, 0.5) is 0 Å². The molecule has 0 aliphatic carbocycles. The number of hydrogen-bond acceptors (Lipinski definition) is 7. The van der Waals surface area contributed by atoms with E-state index in [1.807, 2.05) is 0 Å². The number of fused-ring (bicyclic) bond motifs is 1. The lowest BCUT2D eigenvalue weighted by atomic mass is 9.98. The molecule has 2 heterocycles. The molecule has 10 nitrogen and oxygen atoms in total. The second kappa shape index (κ2) is 12.6. The van der Waals surface area contributed by atoms with Gasteiger partial charge in [0.15, 0.2) is 0 Å². The third kappa shape index (κ3) is 7.13. The molecule has 1 aliphatic heterocycles. The van der Waals surface area contributed by atoms with Crippen molar-refractivity contribution in [2.45, 2.75) is 43.6 Å². The number of aromatic amines is 2. The first-order chi connectivity index (χ1) is 17.9. The number of nitrogens with one attached hydrogen (secondary N) is 3. The van der Waals surface area contributed by atoms with E-state index in [-0.39, 0.29) is 17.2 Å². The minimum atomic E-state index is -3.53. The van der Waals surface area contributed by atoms with Crippen LogP contribution >= 0.6 is 0 Å². The molecule has 0 unspecified atom stereocenters. The maximum absolute atomic E-state index is 13.0. The Morgan fingerprint density at radius 2 is 1.86 bits per heavy atom. The Balaban J connectivity index is 1.17. The average Bonchev–Trinajstić information content (AvgIpc) is 3.29. The number of aliphatic hydroxyl groups excluding tert-OH is 1. The van der Waals surface area contributed by atoms with Crippen LogP contribution in [0, 0.1) is 5.92 Å². The van der Waals surface area contributed by atoms with E-state index in [2.05, 4.69) is 22.2 Å². The number of sulfonamides is 1. The van der Waals surface area contributed by atoms with E-state index in [9.17, 15) is 18.3 Å². The lowest BCUT2D eigenvalue weighted by Gasteiger charge is -2.31. The van der Waals surface area contributed by atoms with Crippen molar-refractivity contribution in [1.82, 2.24) is 19.6 Å². The van der Waals surface area contributed by atoms with Crippen molar-refractivity contribution in [3.05, 3.63) is 52.9 Å². The lowest BCUT2D eigenvalue weighted by molar-refractivity contribution is 0.105. The summed E-state index contributed by atoms with van der Waals surface area (Å²) in [5.74, 6) is 1.51. The lowest BCUT2D eigenvalue weighted by Crippen LogP contribution is -2.42. The van der Waals surface area contributed by atoms with Gasteiger partial charge >= 0.3 is 5.69 Å². The number of imidazole rings is 1. The number of aromatic nitrogens is 2. The van der Waals surface area contributed by atoms with Crippen LogP contribution in [0.5, 0.6) is 11.5 Å². The van der Waals surface area contributed by atoms with Crippen LogP contribution < -0.4 is 20.5 Å². The van der Waals surface area contributed by atoms with Crippen molar-refractivity contribution in [1.29, 1.82) is 0 Å². The summed E-state index contributed by atoms with van der Waals surface area (Å²) < 4.78 is 39.0. The van der Waals surface area contributed by atoms with E-state index in [1.165, 1.54) is 0 Å². The number of ether oxygens (including phenoxy) is 2. The molecular formula is C26H36N4O6S. The molecule has 0 amide bonds. The number of unbranched alkanes of at least 4 members (excludes halogenated alkanes) is 1. The Morgan fingerprint density at radius 3 is 2.59 bits per heavy atom. The molecule has 1 atom stereocenters. The topological polar surface area (TPSA) is 137 Å². The van der Waals surface area contributed by atoms with Crippen molar-refractivity contribution in [2.24, 2.45) is 5.92 Å². The maximum Gasteiger partial charge on any atom is 0.323 e. The molecule has 4 rings (SSSR count). The molecule has 0 saturated carbocycles. The Morgan fingerprint density at radius 1 is 1.11 bits per heavy atom. The Hall–Kier alpha value is -2.86. The molecule has 3 aromatic rings. The number of nitrogens with zero attached hydrogens (tertiary/aromatic N) is 1. The van der Waals surface area contributed by atoms with Crippen LogP contribution in [-0.2, 0) is 10.0 Å². The Bertz CT molecular complexity index is 1300. The van der Waals surface area contributed by atoms with Gasteiger partial charge in [-0.05, 0) is 68.1 Å². The fraction of sp³-hybridized carbons (Fsp3) is 0.500. The van der Waals surface area contributed by atoms with E-state index in [0.29, 0.717) is 61.2 Å². The fourth-order valence-electron chi connectivity index (χ4n) is 4.40. The first kappa shape index (κ1) is 27.2. The van der Waals surface area contributed by atoms with E-state index < -0.39 is 16.1 Å². The zero-order chi connectivity index (χ0) is 26.3. The van der Waals surface area contributed by atoms with Crippen LogP contribution in [0.3, 0.4) is 0 Å². The van der Waals surface area contributed by atoms with Crippen molar-refractivity contribution < 1.29 is 23.0 Å². The molecule has 1 aliphatic rings. The number of para-hydroxylation sites is 1. The zero-order valence-electron chi connectivity index (χ0n) is 21.1. The number of H-pyrrole nitrogens is 2. The summed E-state index contributed by atoms with van der Waals surface area (Å²) in [7, 11) is -3.53. The number of benzene rings is 2. The highest BCUT2D eigenvalue weighted by atomic mass is 32.2. The van der Waals surface area contributed by atoms with Crippen LogP contribution in [0.15, 0.2) is 52.2 Å². The van der Waals surface area contributed by atoms with Crippen LogP contribution in [0.1, 0.15) is 32.6 Å². The van der Waals surface area contributed by atoms with Crippen LogP contribution in [0.2, 0.25) is 0 Å². The van der Waals surface area contributed by atoms with Crippen molar-refractivity contribution in [3.8, 4) is 11.5 Å². The molecule has 1 fully saturated rings. The Labute approximate surface area is 217 Å². The van der Waals surface area contributed by atoms with Crippen molar-refractivity contribution >= 4 is 21.1 Å². The minimum absolute atomic E-state index is 0.0818. The van der Waals surface area contributed by atoms with Gasteiger partial charge in [0.05, 0.1) is 17.0 Å². The molecule has 1 saturated heterocycles. The normalized spacial score (nSPS) is 16.2. The second-order valence-electron chi connectivity index (χ2n) is 9.40. The summed E-state index contributed by atoms with van der Waals surface area (Å²) >= 11 is 0. The summed E-state index contributed by atoms with van der Waals surface area (Å²) in [5.41, 5.74) is 0.917. The van der Waals surface area contributed by atoms with E-state index >= 15 is 0 Å². The van der Waals surface area contributed by atoms with Crippen LogP contribution in [-0.4, -0.2) is 73.3 Å². The minimum Gasteiger partial charge on any atom is -0.494 e. The van der Waals surface area contributed by atoms with E-state index in [1.54, 1.807) is 46.8 Å². The van der Waals surface area contributed by atoms with Gasteiger partial charge in [-0.3, -0.25) is 0 Å². The van der Waals surface area contributed by atoms with Gasteiger partial charge in [0.1, 0.15) is 29.7 Å². The average molecular weight is 533 g/mol. The fourth-order valence-corrected chi connectivity index (χ4v) is 5.87. The number of hydrogen-bond donors (Lipinski definition) is 4. The highest BCUT2D eigenvalue weighted by molar-refractivity contribution is 7.89. The maximum atomic E-state index is 13.0. The molecule has 4 N–H and O–H groups in total. The molecule has 0 bridgehead atoms. The summed E-state index contributed by atoms with van der Waals surface area (Å²) in [6.07, 6.45) is 2.78. The molecule has 0 spiro atoms. The molecule has 202 valence electrons. The third-order valence-electron chi connectivity index (χ3n) is 6.56. The zero-order valence-corrected chi connectivity index (χ0v) is 21.9. The molecule has 0 radical (unpaired) electrons.